The molecule has 0 aliphatic carbocycles. The van der Waals surface area contributed by atoms with Crippen LogP contribution < -0.4 is 10.1 Å². The maximum absolute atomic E-state index is 13.1. The number of amides is 1. The predicted molar refractivity (Wildman–Crippen MR) is 117 cm³/mol. The number of thiophene rings is 1. The van der Waals surface area contributed by atoms with E-state index in [1.165, 1.54) is 11.3 Å². The molecule has 5 aromatic rings. The van der Waals surface area contributed by atoms with E-state index in [-0.39, 0.29) is 11.9 Å². The lowest BCUT2D eigenvalue weighted by Gasteiger charge is -2.20. The summed E-state index contributed by atoms with van der Waals surface area (Å²) < 4.78 is 7.28. The third-order valence-corrected chi connectivity index (χ3v) is 6.59. The lowest BCUT2D eigenvalue weighted by atomic mass is 9.98. The molecular weight excluding hydrogens is 402 g/mol. The fraction of sp³-hybridized carbons (Fsp3) is 0.0909. The molecule has 5 nitrogen and oxygen atoms in total. The second kappa shape index (κ2) is 7.35. The molecule has 144 valence electrons. The third kappa shape index (κ3) is 3.28. The van der Waals surface area contributed by atoms with Gasteiger partial charge in [-0.2, -0.15) is 0 Å². The van der Waals surface area contributed by atoms with Gasteiger partial charge in [-0.05, 0) is 29.3 Å². The molecule has 0 aliphatic heterocycles. The largest absolute Gasteiger partial charge is 0.497 e. The summed E-state index contributed by atoms with van der Waals surface area (Å²) in [6, 6.07) is 19.4. The fourth-order valence-electron chi connectivity index (χ4n) is 3.36. The molecule has 5 rings (SSSR count). The number of methoxy groups -OCH3 is 1. The van der Waals surface area contributed by atoms with Crippen LogP contribution in [0.15, 0.2) is 72.2 Å². The van der Waals surface area contributed by atoms with E-state index in [1.807, 2.05) is 76.6 Å². The van der Waals surface area contributed by atoms with Crippen LogP contribution in [0.3, 0.4) is 0 Å². The Morgan fingerprint density at radius 3 is 2.62 bits per heavy atom. The maximum Gasteiger partial charge on any atom is 0.262 e. The number of fused-ring (bicyclic) bond motifs is 3. The Kier molecular flexibility index (Phi) is 4.54. The minimum atomic E-state index is -0.257. The van der Waals surface area contributed by atoms with Crippen molar-refractivity contribution in [2.75, 3.05) is 7.11 Å². The van der Waals surface area contributed by atoms with Crippen molar-refractivity contribution in [1.29, 1.82) is 0 Å². The fourth-order valence-corrected chi connectivity index (χ4v) is 5.07. The molecule has 0 radical (unpaired) electrons. The summed E-state index contributed by atoms with van der Waals surface area (Å²) >= 11 is 3.00. The van der Waals surface area contributed by atoms with Crippen LogP contribution in [0.5, 0.6) is 5.75 Å². The van der Waals surface area contributed by atoms with E-state index in [9.17, 15) is 4.79 Å². The summed E-state index contributed by atoms with van der Waals surface area (Å²) in [7, 11) is 1.64. The van der Waals surface area contributed by atoms with E-state index in [1.54, 1.807) is 18.4 Å². The van der Waals surface area contributed by atoms with Crippen LogP contribution in [-0.4, -0.2) is 22.4 Å². The maximum atomic E-state index is 13.1. The van der Waals surface area contributed by atoms with Gasteiger partial charge in [-0.3, -0.25) is 9.20 Å². The monoisotopic (exact) mass is 419 g/mol. The van der Waals surface area contributed by atoms with Gasteiger partial charge in [0.05, 0.1) is 23.5 Å². The number of carbonyl (C=O) groups excluding carboxylic acids is 1. The van der Waals surface area contributed by atoms with Crippen molar-refractivity contribution in [3.05, 3.63) is 88.2 Å². The molecule has 3 heterocycles. The van der Waals surface area contributed by atoms with Gasteiger partial charge in [-0.1, -0.05) is 42.5 Å². The Morgan fingerprint density at radius 2 is 1.86 bits per heavy atom. The molecule has 0 spiro atoms. The Bertz CT molecular complexity index is 1290. The summed E-state index contributed by atoms with van der Waals surface area (Å²) in [5.74, 6) is 0.674. The van der Waals surface area contributed by atoms with Crippen molar-refractivity contribution < 1.29 is 9.53 Å². The van der Waals surface area contributed by atoms with Gasteiger partial charge in [0.15, 0.2) is 4.96 Å². The molecule has 7 heteroatoms. The molecule has 0 bridgehead atoms. The zero-order valence-electron chi connectivity index (χ0n) is 15.5. The number of benzene rings is 2. The number of hydrogen-bond donors (Lipinski definition) is 1. The average molecular weight is 420 g/mol. The van der Waals surface area contributed by atoms with Crippen LogP contribution >= 0.6 is 22.7 Å². The van der Waals surface area contributed by atoms with E-state index < -0.39 is 0 Å². The molecule has 0 saturated carbocycles. The Labute approximate surface area is 175 Å². The van der Waals surface area contributed by atoms with Crippen molar-refractivity contribution in [1.82, 2.24) is 14.7 Å². The third-order valence-electron chi connectivity index (χ3n) is 4.82. The quantitative estimate of drug-likeness (QED) is 0.429. The first-order chi connectivity index (χ1) is 14.2. The number of carbonyl (C=O) groups is 1. The van der Waals surface area contributed by atoms with Gasteiger partial charge in [-0.25, -0.2) is 4.98 Å². The first kappa shape index (κ1) is 17.9. The first-order valence-electron chi connectivity index (χ1n) is 9.08. The Balaban J connectivity index is 1.48. The van der Waals surface area contributed by atoms with Crippen molar-refractivity contribution >= 4 is 43.9 Å². The number of aromatic nitrogens is 2. The zero-order valence-corrected chi connectivity index (χ0v) is 17.2. The number of imidazole rings is 1. The highest BCUT2D eigenvalue weighted by molar-refractivity contribution is 7.21. The van der Waals surface area contributed by atoms with Gasteiger partial charge in [0.1, 0.15) is 10.6 Å². The van der Waals surface area contributed by atoms with E-state index in [4.69, 9.17) is 4.74 Å². The molecule has 3 aromatic heterocycles. The summed E-state index contributed by atoms with van der Waals surface area (Å²) in [5.41, 5.74) is 2.99. The molecule has 29 heavy (non-hydrogen) atoms. The lowest BCUT2D eigenvalue weighted by molar-refractivity contribution is 0.0947. The van der Waals surface area contributed by atoms with Gasteiger partial charge >= 0.3 is 0 Å². The van der Waals surface area contributed by atoms with Crippen LogP contribution in [0.25, 0.3) is 15.3 Å². The minimum absolute atomic E-state index is 0.110. The van der Waals surface area contributed by atoms with E-state index in [2.05, 4.69) is 10.3 Å². The Morgan fingerprint density at radius 1 is 1.10 bits per heavy atom. The lowest BCUT2D eigenvalue weighted by Crippen LogP contribution is -2.28. The van der Waals surface area contributed by atoms with E-state index in [0.29, 0.717) is 4.88 Å². The highest BCUT2D eigenvalue weighted by Crippen LogP contribution is 2.30. The van der Waals surface area contributed by atoms with Crippen molar-refractivity contribution in [2.24, 2.45) is 0 Å². The molecule has 0 aliphatic rings. The number of ether oxygens (including phenoxy) is 1. The molecule has 0 saturated heterocycles. The van der Waals surface area contributed by atoms with Crippen molar-refractivity contribution in [2.45, 2.75) is 6.04 Å². The number of nitrogens with one attached hydrogen (secondary N) is 1. The standard InChI is InChI=1S/C22H17N3O2S2/c1-27-16-9-7-15(8-10-16)19(14-5-3-2-4-6-14)23-20(26)18-13-17-21(29-18)24-22-25(17)11-12-28-22/h2-13,19H,1H3,(H,23,26). The smallest absolute Gasteiger partial charge is 0.262 e. The molecular formula is C22H17N3O2S2. The van der Waals surface area contributed by atoms with Crippen LogP contribution in [0.4, 0.5) is 0 Å². The van der Waals surface area contributed by atoms with Crippen LogP contribution in [0, 0.1) is 0 Å². The average Bonchev–Trinajstić information content (AvgIpc) is 3.45. The predicted octanol–water partition coefficient (Wildman–Crippen LogP) is 5.14. The van der Waals surface area contributed by atoms with Gasteiger partial charge < -0.3 is 10.1 Å². The summed E-state index contributed by atoms with van der Waals surface area (Å²) in [6.07, 6.45) is 1.98. The van der Waals surface area contributed by atoms with Gasteiger partial charge in [0, 0.05) is 11.6 Å². The van der Waals surface area contributed by atoms with Crippen LogP contribution in [0.1, 0.15) is 26.8 Å². The molecule has 0 fully saturated rings. The topological polar surface area (TPSA) is 55.6 Å². The number of rotatable bonds is 5. The molecule has 1 amide bonds. The van der Waals surface area contributed by atoms with Crippen LogP contribution in [-0.2, 0) is 0 Å². The summed E-state index contributed by atoms with van der Waals surface area (Å²) in [5, 5.41) is 5.19. The SMILES string of the molecule is COc1ccc(C(NC(=O)c2cc3c(nc4sccn43)s2)c2ccccc2)cc1. The summed E-state index contributed by atoms with van der Waals surface area (Å²) in [6.45, 7) is 0. The number of thiazole rings is 1. The van der Waals surface area contributed by atoms with Gasteiger partial charge in [0.25, 0.3) is 5.91 Å². The highest BCUT2D eigenvalue weighted by atomic mass is 32.1. The van der Waals surface area contributed by atoms with Crippen LogP contribution in [0.2, 0.25) is 0 Å². The minimum Gasteiger partial charge on any atom is -0.497 e. The second-order valence-electron chi connectivity index (χ2n) is 6.56. The molecule has 1 unspecified atom stereocenters. The van der Waals surface area contributed by atoms with Crippen molar-refractivity contribution in [3.8, 4) is 5.75 Å². The van der Waals surface area contributed by atoms with Gasteiger partial charge in [-0.15, -0.1) is 22.7 Å². The van der Waals surface area contributed by atoms with E-state index >= 15 is 0 Å². The summed E-state index contributed by atoms with van der Waals surface area (Å²) in [4.78, 5) is 20.2. The number of hydrogen-bond acceptors (Lipinski definition) is 5. The molecule has 1 atom stereocenters. The first-order valence-corrected chi connectivity index (χ1v) is 10.8. The molecule has 1 N–H and O–H groups in total. The highest BCUT2D eigenvalue weighted by Gasteiger charge is 2.21. The van der Waals surface area contributed by atoms with Gasteiger partial charge in [0.2, 0.25) is 0 Å². The number of nitrogens with zero attached hydrogens (tertiary/aromatic N) is 2. The Hall–Kier alpha value is -3.16. The molecule has 2 aromatic carbocycles. The zero-order chi connectivity index (χ0) is 19.8. The van der Waals surface area contributed by atoms with Crippen molar-refractivity contribution in [3.63, 3.8) is 0 Å². The normalized spacial score (nSPS) is 12.3. The van der Waals surface area contributed by atoms with E-state index in [0.717, 1.165) is 32.2 Å². The second-order valence-corrected chi connectivity index (χ2v) is 8.46.